The number of hydrogen-bond donors (Lipinski definition) is 3. The van der Waals surface area contributed by atoms with E-state index in [-0.39, 0.29) is 12.1 Å². The molecule has 0 bridgehead atoms. The van der Waals surface area contributed by atoms with Crippen molar-refractivity contribution in [2.24, 2.45) is 0 Å². The predicted molar refractivity (Wildman–Crippen MR) is 95.8 cm³/mol. The van der Waals surface area contributed by atoms with E-state index in [9.17, 15) is 9.59 Å². The van der Waals surface area contributed by atoms with Crippen molar-refractivity contribution in [2.45, 2.75) is 39.5 Å². The summed E-state index contributed by atoms with van der Waals surface area (Å²) in [6, 6.07) is 8.36. The molecule has 1 heterocycles. The first-order valence-electron chi connectivity index (χ1n) is 8.07. The maximum absolute atomic E-state index is 11.7. The number of carbonyl (C=O) groups is 2. The summed E-state index contributed by atoms with van der Waals surface area (Å²) >= 11 is 0. The first-order valence-corrected chi connectivity index (χ1v) is 8.07. The Balaban J connectivity index is 1.91. The van der Waals surface area contributed by atoms with Crippen LogP contribution in [0.1, 0.15) is 42.4 Å². The van der Waals surface area contributed by atoms with Crippen LogP contribution < -0.4 is 10.6 Å². The molecule has 2 rings (SSSR count). The van der Waals surface area contributed by atoms with Crippen molar-refractivity contribution in [3.63, 3.8) is 0 Å². The van der Waals surface area contributed by atoms with Gasteiger partial charge in [-0.15, -0.1) is 0 Å². The zero-order chi connectivity index (χ0) is 19.2. The molecule has 0 spiro atoms. The van der Waals surface area contributed by atoms with E-state index >= 15 is 0 Å². The molecule has 0 saturated carbocycles. The van der Waals surface area contributed by atoms with Crippen LogP contribution in [0.15, 0.2) is 36.7 Å². The van der Waals surface area contributed by atoms with Gasteiger partial charge in [0, 0.05) is 12.6 Å². The highest BCUT2D eigenvalue weighted by atomic mass is 16.6. The van der Waals surface area contributed by atoms with Gasteiger partial charge in [0.2, 0.25) is 0 Å². The summed E-state index contributed by atoms with van der Waals surface area (Å²) in [4.78, 5) is 30.9. The minimum absolute atomic E-state index is 0.209. The zero-order valence-electron chi connectivity index (χ0n) is 14.9. The van der Waals surface area contributed by atoms with Crippen molar-refractivity contribution in [3.05, 3.63) is 53.5 Å². The Hall–Kier alpha value is -3.16. The number of nitrogens with zero attached hydrogens (tertiary/aromatic N) is 2. The average Bonchev–Trinajstić information content (AvgIpc) is 2.57. The van der Waals surface area contributed by atoms with Gasteiger partial charge >= 0.3 is 12.1 Å². The monoisotopic (exact) mass is 358 g/mol. The second-order valence-corrected chi connectivity index (χ2v) is 6.61. The van der Waals surface area contributed by atoms with Crippen molar-refractivity contribution < 1.29 is 19.4 Å². The molecule has 2 aromatic rings. The number of nitrogens with one attached hydrogen (secondary N) is 2. The van der Waals surface area contributed by atoms with Crippen LogP contribution in [-0.4, -0.2) is 32.7 Å². The molecule has 1 amide bonds. The summed E-state index contributed by atoms with van der Waals surface area (Å²) in [5.41, 5.74) is 1.10. The highest BCUT2D eigenvalue weighted by Gasteiger charge is 2.15. The normalized spacial score (nSPS) is 10.9. The Labute approximate surface area is 151 Å². The zero-order valence-corrected chi connectivity index (χ0v) is 14.9. The number of hydrogen-bond acceptors (Lipinski definition) is 6. The lowest BCUT2D eigenvalue weighted by Gasteiger charge is -2.19. The number of carboxylic acids is 1. The Bertz CT molecular complexity index is 787. The van der Waals surface area contributed by atoms with Crippen molar-refractivity contribution in [2.75, 3.05) is 5.32 Å². The lowest BCUT2D eigenvalue weighted by molar-refractivity contribution is 0.0522. The van der Waals surface area contributed by atoms with Gasteiger partial charge in [0.05, 0.1) is 17.8 Å². The fraction of sp³-hybridized carbons (Fsp3) is 0.333. The van der Waals surface area contributed by atoms with Crippen LogP contribution in [-0.2, 0) is 17.8 Å². The Morgan fingerprint density at radius 3 is 2.62 bits per heavy atom. The third-order valence-electron chi connectivity index (χ3n) is 3.18. The van der Waals surface area contributed by atoms with Crippen LogP contribution in [0.2, 0.25) is 0 Å². The molecule has 8 heteroatoms. The highest BCUT2D eigenvalue weighted by molar-refractivity contribution is 5.87. The molecule has 8 nitrogen and oxygen atoms in total. The van der Waals surface area contributed by atoms with E-state index < -0.39 is 17.7 Å². The second kappa shape index (κ2) is 8.28. The Morgan fingerprint density at radius 1 is 1.15 bits per heavy atom. The van der Waals surface area contributed by atoms with Gasteiger partial charge in [-0.05, 0) is 38.5 Å². The first kappa shape index (κ1) is 19.2. The van der Waals surface area contributed by atoms with E-state index in [1.807, 2.05) is 6.07 Å². The van der Waals surface area contributed by atoms with Gasteiger partial charge in [-0.25, -0.2) is 19.6 Å². The van der Waals surface area contributed by atoms with E-state index in [0.717, 1.165) is 5.56 Å². The van der Waals surface area contributed by atoms with Gasteiger partial charge < -0.3 is 20.5 Å². The van der Waals surface area contributed by atoms with Crippen molar-refractivity contribution in [3.8, 4) is 0 Å². The molecule has 0 radical (unpaired) electrons. The highest BCUT2D eigenvalue weighted by Crippen LogP contribution is 2.10. The quantitative estimate of drug-likeness (QED) is 0.727. The molecule has 0 unspecified atom stereocenters. The standard InChI is InChI=1S/C18H22N4O4/c1-18(2,3)26-17(25)20-10-14-8-15(22-11-21-14)19-9-12-5-4-6-13(7-12)16(23)24/h4-8,11H,9-10H2,1-3H3,(H,20,25)(H,23,24)(H,19,21,22). The summed E-state index contributed by atoms with van der Waals surface area (Å²) in [6.07, 6.45) is 0.873. The van der Waals surface area contributed by atoms with Gasteiger partial charge in [-0.1, -0.05) is 12.1 Å². The molecule has 0 fully saturated rings. The van der Waals surface area contributed by atoms with E-state index in [0.29, 0.717) is 18.1 Å². The lowest BCUT2D eigenvalue weighted by Crippen LogP contribution is -2.32. The largest absolute Gasteiger partial charge is 0.478 e. The number of anilines is 1. The number of ether oxygens (including phenoxy) is 1. The van der Waals surface area contributed by atoms with Gasteiger partial charge in [0.1, 0.15) is 17.7 Å². The Morgan fingerprint density at radius 2 is 1.92 bits per heavy atom. The topological polar surface area (TPSA) is 113 Å². The molecule has 0 aliphatic rings. The first-order chi connectivity index (χ1) is 12.2. The maximum Gasteiger partial charge on any atom is 0.407 e. The minimum atomic E-state index is -0.968. The number of benzene rings is 1. The molecule has 0 saturated heterocycles. The van der Waals surface area contributed by atoms with Crippen LogP contribution in [0.3, 0.4) is 0 Å². The molecule has 3 N–H and O–H groups in total. The number of rotatable bonds is 6. The summed E-state index contributed by atoms with van der Waals surface area (Å²) in [6.45, 7) is 5.99. The van der Waals surface area contributed by atoms with Crippen LogP contribution in [0, 0.1) is 0 Å². The number of carbonyl (C=O) groups excluding carboxylic acids is 1. The number of aromatic carboxylic acids is 1. The van der Waals surface area contributed by atoms with Gasteiger partial charge in [-0.3, -0.25) is 0 Å². The van der Waals surface area contributed by atoms with Crippen molar-refractivity contribution >= 4 is 17.9 Å². The number of amides is 1. The molecule has 138 valence electrons. The average molecular weight is 358 g/mol. The van der Waals surface area contributed by atoms with Crippen LogP contribution >= 0.6 is 0 Å². The van der Waals surface area contributed by atoms with E-state index in [2.05, 4.69) is 20.6 Å². The molecule has 0 aliphatic heterocycles. The SMILES string of the molecule is CC(C)(C)OC(=O)NCc1cc(NCc2cccc(C(=O)O)c2)ncn1. The molecule has 0 aliphatic carbocycles. The van der Waals surface area contributed by atoms with E-state index in [1.54, 1.807) is 39.0 Å². The third-order valence-corrected chi connectivity index (χ3v) is 3.18. The van der Waals surface area contributed by atoms with Crippen molar-refractivity contribution in [1.29, 1.82) is 0 Å². The molecule has 1 aromatic heterocycles. The second-order valence-electron chi connectivity index (χ2n) is 6.61. The van der Waals surface area contributed by atoms with E-state index in [1.165, 1.54) is 12.4 Å². The smallest absolute Gasteiger partial charge is 0.407 e. The maximum atomic E-state index is 11.7. The van der Waals surface area contributed by atoms with Crippen LogP contribution in [0.25, 0.3) is 0 Å². The van der Waals surface area contributed by atoms with Gasteiger partial charge in [0.15, 0.2) is 0 Å². The van der Waals surface area contributed by atoms with Gasteiger partial charge in [-0.2, -0.15) is 0 Å². The van der Waals surface area contributed by atoms with Crippen LogP contribution in [0.4, 0.5) is 10.6 Å². The molecular weight excluding hydrogens is 336 g/mol. The number of aromatic nitrogens is 2. The summed E-state index contributed by atoms with van der Waals surface area (Å²) in [7, 11) is 0. The fourth-order valence-corrected chi connectivity index (χ4v) is 2.07. The van der Waals surface area contributed by atoms with Gasteiger partial charge in [0.25, 0.3) is 0 Å². The number of carboxylic acid groups (broad SMARTS) is 1. The third kappa shape index (κ3) is 6.39. The summed E-state index contributed by atoms with van der Waals surface area (Å²) in [5.74, 6) is -0.397. The van der Waals surface area contributed by atoms with Crippen molar-refractivity contribution in [1.82, 2.24) is 15.3 Å². The predicted octanol–water partition coefficient (Wildman–Crippen LogP) is 2.81. The summed E-state index contributed by atoms with van der Waals surface area (Å²) < 4.78 is 5.17. The molecule has 0 atom stereocenters. The molecule has 1 aromatic carbocycles. The molecule has 26 heavy (non-hydrogen) atoms. The van der Waals surface area contributed by atoms with E-state index in [4.69, 9.17) is 9.84 Å². The lowest BCUT2D eigenvalue weighted by atomic mass is 10.1. The fourth-order valence-electron chi connectivity index (χ4n) is 2.07. The molecular formula is C18H22N4O4. The minimum Gasteiger partial charge on any atom is -0.478 e. The Kier molecular flexibility index (Phi) is 6.11. The van der Waals surface area contributed by atoms with Crippen LogP contribution in [0.5, 0.6) is 0 Å². The number of alkyl carbamates (subject to hydrolysis) is 1. The summed E-state index contributed by atoms with van der Waals surface area (Å²) in [5, 5.41) is 14.8.